The number of nitrogens with zero attached hydrogens (tertiary/aromatic N) is 2. The Bertz CT molecular complexity index is 1070. The Morgan fingerprint density at radius 3 is 2.53 bits per heavy atom. The number of aliphatic imine (C=N–C) groups is 1. The van der Waals surface area contributed by atoms with Gasteiger partial charge in [-0.3, -0.25) is 15.1 Å². The Kier molecular flexibility index (Phi) is 8.69. The zero-order valence-corrected chi connectivity index (χ0v) is 20.2. The summed E-state index contributed by atoms with van der Waals surface area (Å²) in [7, 11) is 0. The van der Waals surface area contributed by atoms with Crippen molar-refractivity contribution in [2.45, 2.75) is 33.1 Å². The van der Waals surface area contributed by atoms with Crippen molar-refractivity contribution in [2.75, 3.05) is 32.1 Å². The van der Waals surface area contributed by atoms with Gasteiger partial charge in [0.15, 0.2) is 5.17 Å². The SMILES string of the molecule is CCOC(=O)C1=C(C)NC(CSC2=NCCCN2)=C(C(=O)OCC)C1c1cccc([N+](=O)[O-])c1. The van der Waals surface area contributed by atoms with Crippen LogP contribution >= 0.6 is 11.8 Å². The summed E-state index contributed by atoms with van der Waals surface area (Å²) in [5.74, 6) is -1.74. The van der Waals surface area contributed by atoms with E-state index in [4.69, 9.17) is 9.47 Å². The summed E-state index contributed by atoms with van der Waals surface area (Å²) < 4.78 is 10.6. The van der Waals surface area contributed by atoms with Crippen LogP contribution in [0, 0.1) is 10.1 Å². The van der Waals surface area contributed by atoms with Gasteiger partial charge in [-0.05, 0) is 32.8 Å². The highest BCUT2D eigenvalue weighted by atomic mass is 32.2. The number of allylic oxidation sites excluding steroid dienone is 1. The molecule has 0 aromatic heterocycles. The normalized spacial score (nSPS) is 18.0. The van der Waals surface area contributed by atoms with Crippen LogP contribution in [0.1, 0.15) is 38.7 Å². The Labute approximate surface area is 202 Å². The molecule has 1 atom stereocenters. The molecule has 0 radical (unpaired) electrons. The van der Waals surface area contributed by atoms with E-state index in [1.165, 1.54) is 30.0 Å². The number of thioether (sulfide) groups is 1. The maximum Gasteiger partial charge on any atom is 0.336 e. The number of ether oxygens (including phenoxy) is 2. The second-order valence-electron chi connectivity index (χ2n) is 7.54. The third-order valence-electron chi connectivity index (χ3n) is 5.27. The van der Waals surface area contributed by atoms with Crippen molar-refractivity contribution in [3.63, 3.8) is 0 Å². The lowest BCUT2D eigenvalue weighted by Crippen LogP contribution is -2.35. The summed E-state index contributed by atoms with van der Waals surface area (Å²) in [4.78, 5) is 41.6. The van der Waals surface area contributed by atoms with Gasteiger partial charge in [-0.1, -0.05) is 23.9 Å². The number of benzene rings is 1. The molecule has 10 nitrogen and oxygen atoms in total. The molecule has 182 valence electrons. The molecule has 2 aliphatic rings. The van der Waals surface area contributed by atoms with Gasteiger partial charge < -0.3 is 20.1 Å². The van der Waals surface area contributed by atoms with Gasteiger partial charge in [-0.2, -0.15) is 0 Å². The Balaban J connectivity index is 2.14. The maximum absolute atomic E-state index is 13.2. The molecule has 11 heteroatoms. The summed E-state index contributed by atoms with van der Waals surface area (Å²) in [5, 5.41) is 18.6. The van der Waals surface area contributed by atoms with Crippen molar-refractivity contribution in [3.8, 4) is 0 Å². The van der Waals surface area contributed by atoms with E-state index in [9.17, 15) is 19.7 Å². The Morgan fingerprint density at radius 1 is 1.21 bits per heavy atom. The molecule has 1 aromatic rings. The van der Waals surface area contributed by atoms with Crippen molar-refractivity contribution in [3.05, 3.63) is 62.5 Å². The summed E-state index contributed by atoms with van der Waals surface area (Å²) >= 11 is 1.43. The summed E-state index contributed by atoms with van der Waals surface area (Å²) in [6.07, 6.45) is 0.957. The van der Waals surface area contributed by atoms with Crippen molar-refractivity contribution in [2.24, 2.45) is 4.99 Å². The number of non-ortho nitro benzene ring substituents is 1. The monoisotopic (exact) mass is 488 g/mol. The summed E-state index contributed by atoms with van der Waals surface area (Å²) in [6.45, 7) is 6.94. The first-order chi connectivity index (χ1) is 16.4. The molecule has 1 aromatic carbocycles. The van der Waals surface area contributed by atoms with Crippen LogP contribution in [-0.4, -0.2) is 54.1 Å². The molecule has 0 spiro atoms. The predicted octanol–water partition coefficient (Wildman–Crippen LogP) is 3.02. The largest absolute Gasteiger partial charge is 0.463 e. The number of carbonyl (C=O) groups is 2. The van der Waals surface area contributed by atoms with E-state index in [0.717, 1.165) is 24.7 Å². The van der Waals surface area contributed by atoms with Gasteiger partial charge in [0, 0.05) is 42.4 Å². The molecule has 2 heterocycles. The standard InChI is InChI=1S/C23H28N4O6S/c1-4-32-21(28)18-14(3)26-17(13-34-23-24-10-7-11-25-23)20(22(29)33-5-2)19(18)15-8-6-9-16(12-15)27(30)31/h6,8-9,12,19,26H,4-5,7,10-11,13H2,1-3H3,(H,24,25). The summed E-state index contributed by atoms with van der Waals surface area (Å²) in [6, 6.07) is 5.93. The van der Waals surface area contributed by atoms with Crippen molar-refractivity contribution in [1.29, 1.82) is 0 Å². The highest BCUT2D eigenvalue weighted by Crippen LogP contribution is 2.41. The maximum atomic E-state index is 13.2. The molecule has 34 heavy (non-hydrogen) atoms. The minimum atomic E-state index is -0.892. The number of nitro benzene ring substituents is 1. The lowest BCUT2D eigenvalue weighted by atomic mass is 9.80. The fourth-order valence-corrected chi connectivity index (χ4v) is 4.73. The third-order valence-corrected chi connectivity index (χ3v) is 6.25. The number of dihydropyridines is 1. The smallest absolute Gasteiger partial charge is 0.336 e. The van der Waals surface area contributed by atoms with Gasteiger partial charge in [-0.25, -0.2) is 9.59 Å². The molecule has 0 amide bonds. The molecule has 2 aliphatic heterocycles. The van der Waals surface area contributed by atoms with Gasteiger partial charge in [-0.15, -0.1) is 0 Å². The third kappa shape index (κ3) is 5.77. The minimum Gasteiger partial charge on any atom is -0.463 e. The fourth-order valence-electron chi connectivity index (χ4n) is 3.84. The number of amidine groups is 1. The number of hydrogen-bond acceptors (Lipinski definition) is 10. The highest BCUT2D eigenvalue weighted by Gasteiger charge is 2.39. The van der Waals surface area contributed by atoms with E-state index >= 15 is 0 Å². The van der Waals surface area contributed by atoms with Gasteiger partial charge >= 0.3 is 11.9 Å². The fraction of sp³-hybridized carbons (Fsp3) is 0.435. The number of rotatable bonds is 8. The van der Waals surface area contributed by atoms with Crippen LogP contribution in [0.15, 0.2) is 51.8 Å². The number of hydrogen-bond donors (Lipinski definition) is 2. The van der Waals surface area contributed by atoms with E-state index in [-0.39, 0.29) is 30.0 Å². The van der Waals surface area contributed by atoms with E-state index in [2.05, 4.69) is 15.6 Å². The number of esters is 2. The van der Waals surface area contributed by atoms with Crippen molar-refractivity contribution < 1.29 is 24.0 Å². The number of nitrogens with one attached hydrogen (secondary N) is 2. The highest BCUT2D eigenvalue weighted by molar-refractivity contribution is 8.14. The molecule has 0 fully saturated rings. The van der Waals surface area contributed by atoms with E-state index in [1.54, 1.807) is 26.8 Å². The summed E-state index contributed by atoms with van der Waals surface area (Å²) in [5.41, 5.74) is 1.79. The first-order valence-corrected chi connectivity index (χ1v) is 12.1. The van der Waals surface area contributed by atoms with Crippen LogP contribution in [0.25, 0.3) is 0 Å². The van der Waals surface area contributed by atoms with Crippen LogP contribution in [-0.2, 0) is 19.1 Å². The second-order valence-corrected chi connectivity index (χ2v) is 8.50. The van der Waals surface area contributed by atoms with Crippen LogP contribution in [0.5, 0.6) is 0 Å². The average molecular weight is 489 g/mol. The molecule has 0 bridgehead atoms. The molecule has 0 saturated carbocycles. The van der Waals surface area contributed by atoms with Crippen LogP contribution in [0.4, 0.5) is 5.69 Å². The van der Waals surface area contributed by atoms with Gasteiger partial charge in [0.2, 0.25) is 0 Å². The Morgan fingerprint density at radius 2 is 1.91 bits per heavy atom. The molecule has 3 rings (SSSR count). The first-order valence-electron chi connectivity index (χ1n) is 11.1. The molecular formula is C23H28N4O6S. The van der Waals surface area contributed by atoms with Crippen LogP contribution in [0.3, 0.4) is 0 Å². The first kappa shape index (κ1) is 25.3. The molecule has 0 aliphatic carbocycles. The lowest BCUT2D eigenvalue weighted by Gasteiger charge is -2.31. The zero-order chi connectivity index (χ0) is 24.7. The quantitative estimate of drug-likeness (QED) is 0.322. The minimum absolute atomic E-state index is 0.135. The topological polar surface area (TPSA) is 132 Å². The number of carbonyl (C=O) groups excluding carboxylic acids is 2. The van der Waals surface area contributed by atoms with Crippen LogP contribution in [0.2, 0.25) is 0 Å². The second kappa shape index (κ2) is 11.7. The lowest BCUT2D eigenvalue weighted by molar-refractivity contribution is -0.384. The van der Waals surface area contributed by atoms with Gasteiger partial charge in [0.25, 0.3) is 5.69 Å². The number of nitro groups is 1. The van der Waals surface area contributed by atoms with Crippen molar-refractivity contribution >= 4 is 34.6 Å². The van der Waals surface area contributed by atoms with Gasteiger partial charge in [0.1, 0.15) is 0 Å². The molecule has 2 N–H and O–H groups in total. The average Bonchev–Trinajstić information content (AvgIpc) is 2.83. The predicted molar refractivity (Wildman–Crippen MR) is 129 cm³/mol. The van der Waals surface area contributed by atoms with Crippen molar-refractivity contribution in [1.82, 2.24) is 10.6 Å². The Hall–Kier alpha value is -3.34. The van der Waals surface area contributed by atoms with Gasteiger partial charge in [0.05, 0.1) is 35.2 Å². The van der Waals surface area contributed by atoms with Crippen LogP contribution < -0.4 is 10.6 Å². The van der Waals surface area contributed by atoms with E-state index < -0.39 is 22.8 Å². The molecular weight excluding hydrogens is 460 g/mol. The van der Waals surface area contributed by atoms with E-state index in [1.807, 2.05) is 0 Å². The molecule has 1 unspecified atom stereocenters. The van der Waals surface area contributed by atoms with E-state index in [0.29, 0.717) is 22.7 Å². The zero-order valence-electron chi connectivity index (χ0n) is 19.4. The molecule has 0 saturated heterocycles.